The number of carbonyl (C=O) groups excluding carboxylic acids is 2. The van der Waals surface area contributed by atoms with Gasteiger partial charge in [-0.15, -0.1) is 0 Å². The largest absolute Gasteiger partial charge is 0.497 e. The molecule has 0 bridgehead atoms. The maximum absolute atomic E-state index is 14.4. The van der Waals surface area contributed by atoms with Crippen molar-refractivity contribution in [2.45, 2.75) is 90.5 Å². The van der Waals surface area contributed by atoms with E-state index in [1.54, 1.807) is 27.0 Å². The molecule has 0 spiro atoms. The van der Waals surface area contributed by atoms with E-state index in [-0.39, 0.29) is 17.5 Å². The summed E-state index contributed by atoms with van der Waals surface area (Å²) in [5, 5.41) is 5.25. The topological polar surface area (TPSA) is 125 Å². The van der Waals surface area contributed by atoms with Gasteiger partial charge in [0, 0.05) is 41.2 Å². The number of aryl methyl sites for hydroxylation is 1. The molecular weight excluding hydrogens is 679 g/mol. The predicted octanol–water partition coefficient (Wildman–Crippen LogP) is 6.95. The number of ether oxygens (including phenoxy) is 2. The van der Waals surface area contributed by atoms with Gasteiger partial charge in [-0.2, -0.15) is 5.10 Å². The summed E-state index contributed by atoms with van der Waals surface area (Å²) in [4.78, 5) is 29.7. The Kier molecular flexibility index (Phi) is 9.81. The van der Waals surface area contributed by atoms with Crippen molar-refractivity contribution in [1.82, 2.24) is 24.0 Å². The standard InChI is InChI=1S/C40H49N5O6S/c1-24(2)45-37(35(26(5)41-45)40(47)43-16-18-51-19-17-43)30-20-29-21-31(50-6)13-15-32(29)38-36(27-10-8-7-9-11-27)33-14-12-28(22-34(33)44(38)23-30)39(46)42-52(48,49)25(3)4/h12-15,20-22,24-25,27H,7-11,16-19,23H2,1-6H3,(H,42,46). The fourth-order valence-corrected chi connectivity index (χ4v) is 8.65. The van der Waals surface area contributed by atoms with E-state index in [0.29, 0.717) is 50.0 Å². The molecule has 4 aromatic rings. The molecule has 11 nitrogen and oxygen atoms in total. The van der Waals surface area contributed by atoms with Crippen molar-refractivity contribution in [1.29, 1.82) is 0 Å². The number of nitrogens with zero attached hydrogens (tertiary/aromatic N) is 4. The van der Waals surface area contributed by atoms with Gasteiger partial charge in [0.15, 0.2) is 0 Å². The fraction of sp³-hybridized carbons (Fsp3) is 0.475. The van der Waals surface area contributed by atoms with E-state index >= 15 is 0 Å². The lowest BCUT2D eigenvalue weighted by atomic mass is 9.81. The van der Waals surface area contributed by atoms with Crippen LogP contribution in [0.4, 0.5) is 0 Å². The fourth-order valence-electron chi connectivity index (χ4n) is 8.04. The third kappa shape index (κ3) is 6.44. The maximum Gasteiger partial charge on any atom is 0.264 e. The van der Waals surface area contributed by atoms with Crippen LogP contribution in [0.15, 0.2) is 36.4 Å². The number of fused-ring (bicyclic) bond motifs is 5. The van der Waals surface area contributed by atoms with Crippen LogP contribution in [0.2, 0.25) is 0 Å². The molecule has 1 saturated heterocycles. The number of nitrogens with one attached hydrogen (secondary N) is 1. The van der Waals surface area contributed by atoms with E-state index < -0.39 is 21.2 Å². The molecule has 0 atom stereocenters. The van der Waals surface area contributed by atoms with Crippen molar-refractivity contribution in [3.8, 4) is 17.0 Å². The minimum Gasteiger partial charge on any atom is -0.497 e. The van der Waals surface area contributed by atoms with Gasteiger partial charge in [0.2, 0.25) is 10.0 Å². The number of sulfonamides is 1. The second kappa shape index (κ2) is 14.2. The molecule has 2 aliphatic heterocycles. The van der Waals surface area contributed by atoms with Crippen molar-refractivity contribution in [3.63, 3.8) is 0 Å². The number of allylic oxidation sites excluding steroid dienone is 1. The van der Waals surface area contributed by atoms with Crippen molar-refractivity contribution < 1.29 is 27.5 Å². The Balaban J connectivity index is 1.49. The molecule has 2 aromatic heterocycles. The van der Waals surface area contributed by atoms with Crippen LogP contribution in [0, 0.1) is 6.92 Å². The Morgan fingerprint density at radius 2 is 1.71 bits per heavy atom. The number of hydrogen-bond donors (Lipinski definition) is 1. The predicted molar refractivity (Wildman–Crippen MR) is 203 cm³/mol. The summed E-state index contributed by atoms with van der Waals surface area (Å²) in [6.07, 6.45) is 7.77. The average Bonchev–Trinajstić information content (AvgIpc) is 3.59. The minimum absolute atomic E-state index is 0.0363. The van der Waals surface area contributed by atoms with Gasteiger partial charge in [-0.05, 0) is 106 Å². The van der Waals surface area contributed by atoms with Crippen molar-refractivity contribution >= 4 is 44.4 Å². The van der Waals surface area contributed by atoms with E-state index in [9.17, 15) is 18.0 Å². The van der Waals surface area contributed by atoms with E-state index in [1.807, 2.05) is 34.7 Å². The summed E-state index contributed by atoms with van der Waals surface area (Å²) in [5.41, 5.74) is 8.35. The summed E-state index contributed by atoms with van der Waals surface area (Å²) in [5.74, 6) is 0.310. The molecule has 4 heterocycles. The van der Waals surface area contributed by atoms with Crippen LogP contribution < -0.4 is 9.46 Å². The Morgan fingerprint density at radius 3 is 2.38 bits per heavy atom. The molecule has 0 radical (unpaired) electrons. The third-order valence-electron chi connectivity index (χ3n) is 10.8. The summed E-state index contributed by atoms with van der Waals surface area (Å²) >= 11 is 0. The number of amides is 2. The highest BCUT2D eigenvalue weighted by Crippen LogP contribution is 2.48. The molecular formula is C40H49N5O6S. The molecule has 2 fully saturated rings. The van der Waals surface area contributed by atoms with E-state index in [1.165, 1.54) is 12.0 Å². The average molecular weight is 728 g/mol. The van der Waals surface area contributed by atoms with Gasteiger partial charge in [0.1, 0.15) is 5.75 Å². The van der Waals surface area contributed by atoms with Gasteiger partial charge in [-0.3, -0.25) is 14.3 Å². The first kappa shape index (κ1) is 36.0. The monoisotopic (exact) mass is 727 g/mol. The molecule has 276 valence electrons. The maximum atomic E-state index is 14.4. The second-order valence-electron chi connectivity index (χ2n) is 14.8. The molecule has 52 heavy (non-hydrogen) atoms. The number of benzene rings is 2. The Hall–Kier alpha value is -4.42. The first-order valence-corrected chi connectivity index (χ1v) is 20.0. The molecule has 12 heteroatoms. The van der Waals surface area contributed by atoms with Gasteiger partial charge >= 0.3 is 0 Å². The number of hydrogen-bond acceptors (Lipinski definition) is 7. The Labute approximate surface area is 306 Å². The van der Waals surface area contributed by atoms with Gasteiger partial charge in [0.25, 0.3) is 11.8 Å². The van der Waals surface area contributed by atoms with Crippen molar-refractivity contribution in [2.24, 2.45) is 0 Å². The highest BCUT2D eigenvalue weighted by atomic mass is 32.2. The summed E-state index contributed by atoms with van der Waals surface area (Å²) in [6.45, 7) is 11.5. The smallest absolute Gasteiger partial charge is 0.264 e. The lowest BCUT2D eigenvalue weighted by Crippen LogP contribution is -2.41. The third-order valence-corrected chi connectivity index (χ3v) is 12.5. The van der Waals surface area contributed by atoms with Crippen LogP contribution in [-0.2, 0) is 21.3 Å². The SMILES string of the molecule is COc1ccc2c(c1)C=C(c1c(C(=O)N3CCOCC3)c(C)nn1C(C)C)Cn1c-2c(C2CCCCC2)c2ccc(C(=O)NS(=O)(=O)C(C)C)cc21. The van der Waals surface area contributed by atoms with Crippen molar-refractivity contribution in [3.05, 3.63) is 70.0 Å². The van der Waals surface area contributed by atoms with Crippen LogP contribution in [0.3, 0.4) is 0 Å². The van der Waals surface area contributed by atoms with Crippen LogP contribution >= 0.6 is 0 Å². The Morgan fingerprint density at radius 1 is 0.981 bits per heavy atom. The number of rotatable bonds is 8. The molecule has 1 aliphatic carbocycles. The molecule has 1 saturated carbocycles. The van der Waals surface area contributed by atoms with E-state index in [2.05, 4.69) is 41.3 Å². The van der Waals surface area contributed by atoms with Crippen molar-refractivity contribution in [2.75, 3.05) is 33.4 Å². The number of carbonyl (C=O) groups is 2. The van der Waals surface area contributed by atoms with Gasteiger partial charge in [-0.25, -0.2) is 13.1 Å². The summed E-state index contributed by atoms with van der Waals surface area (Å²) in [7, 11) is -2.18. The molecule has 0 unspecified atom stereocenters. The molecule has 1 N–H and O–H groups in total. The van der Waals surface area contributed by atoms with Crippen LogP contribution in [0.5, 0.6) is 5.75 Å². The van der Waals surface area contributed by atoms with Crippen LogP contribution in [0.1, 0.15) is 115 Å². The minimum atomic E-state index is -3.84. The van der Waals surface area contributed by atoms with Gasteiger partial charge < -0.3 is 18.9 Å². The molecule has 2 amide bonds. The lowest BCUT2D eigenvalue weighted by Gasteiger charge is -2.27. The summed E-state index contributed by atoms with van der Waals surface area (Å²) in [6, 6.07) is 11.7. The number of aromatic nitrogens is 3. The normalized spacial score (nSPS) is 16.8. The van der Waals surface area contributed by atoms with E-state index in [4.69, 9.17) is 14.6 Å². The molecule has 2 aromatic carbocycles. The first-order chi connectivity index (χ1) is 24.9. The van der Waals surface area contributed by atoms with E-state index in [0.717, 1.165) is 70.4 Å². The Bertz CT molecular complexity index is 2180. The molecule has 3 aliphatic rings. The lowest BCUT2D eigenvalue weighted by molar-refractivity contribution is 0.0302. The highest BCUT2D eigenvalue weighted by molar-refractivity contribution is 7.90. The van der Waals surface area contributed by atoms with Crippen LogP contribution in [0.25, 0.3) is 33.8 Å². The number of methoxy groups -OCH3 is 1. The molecule has 7 rings (SSSR count). The number of morpholine rings is 1. The van der Waals surface area contributed by atoms with Gasteiger partial charge in [0.05, 0.1) is 54.8 Å². The summed E-state index contributed by atoms with van der Waals surface area (Å²) < 4.78 is 43.3. The highest BCUT2D eigenvalue weighted by Gasteiger charge is 2.34. The zero-order valence-electron chi connectivity index (χ0n) is 31.0. The zero-order valence-corrected chi connectivity index (χ0v) is 31.8. The first-order valence-electron chi connectivity index (χ1n) is 18.5. The zero-order chi connectivity index (χ0) is 36.9. The quantitative estimate of drug-likeness (QED) is 0.208. The second-order valence-corrected chi connectivity index (χ2v) is 17.1. The van der Waals surface area contributed by atoms with Crippen LogP contribution in [-0.4, -0.2) is 78.1 Å². The van der Waals surface area contributed by atoms with Gasteiger partial charge in [-0.1, -0.05) is 25.3 Å².